The van der Waals surface area contributed by atoms with Crippen LogP contribution < -0.4 is 4.74 Å². The Balaban J connectivity index is 1.34. The maximum absolute atomic E-state index is 12.3. The number of aryl methyl sites for hydroxylation is 1. The molecule has 0 aliphatic carbocycles. The van der Waals surface area contributed by atoms with Crippen molar-refractivity contribution in [1.82, 2.24) is 9.97 Å². The molecule has 0 saturated carbocycles. The Labute approximate surface area is 201 Å². The molecular weight excluding hydrogens is 428 g/mol. The third kappa shape index (κ3) is 6.27. The van der Waals surface area contributed by atoms with Crippen LogP contribution in [0.4, 0.5) is 0 Å². The van der Waals surface area contributed by atoms with E-state index in [0.717, 1.165) is 23.1 Å². The van der Waals surface area contributed by atoms with Gasteiger partial charge in [0.25, 0.3) is 0 Å². The summed E-state index contributed by atoms with van der Waals surface area (Å²) in [5.74, 6) is -0.0726. The van der Waals surface area contributed by atoms with Crippen LogP contribution in [0.15, 0.2) is 60.9 Å². The molecule has 1 atom stereocenters. The molecular formula is C28H32N2O4. The van der Waals surface area contributed by atoms with Crippen LogP contribution in [0.2, 0.25) is 0 Å². The average molecular weight is 461 g/mol. The molecule has 0 N–H and O–H groups in total. The average Bonchev–Trinajstić information content (AvgIpc) is 3.23. The summed E-state index contributed by atoms with van der Waals surface area (Å²) in [6.07, 6.45) is 9.10. The fourth-order valence-corrected chi connectivity index (χ4v) is 3.90. The minimum atomic E-state index is -0.768. The molecule has 2 aromatic carbocycles. The first-order valence-electron chi connectivity index (χ1n) is 12.0. The van der Waals surface area contributed by atoms with Gasteiger partial charge in [-0.2, -0.15) is 0 Å². The smallest absolute Gasteiger partial charge is 0.343 e. The zero-order valence-corrected chi connectivity index (χ0v) is 20.1. The van der Waals surface area contributed by atoms with Gasteiger partial charge < -0.3 is 14.2 Å². The third-order valence-corrected chi connectivity index (χ3v) is 5.86. The van der Waals surface area contributed by atoms with Crippen LogP contribution >= 0.6 is 0 Å². The first-order valence-corrected chi connectivity index (χ1v) is 12.0. The van der Waals surface area contributed by atoms with Crippen molar-refractivity contribution < 1.29 is 19.0 Å². The molecule has 1 saturated heterocycles. The first-order chi connectivity index (χ1) is 16.4. The number of esters is 1. The van der Waals surface area contributed by atoms with Crippen LogP contribution in [-0.2, 0) is 20.7 Å². The molecule has 1 unspecified atom stereocenters. The van der Waals surface area contributed by atoms with Gasteiger partial charge in [0.05, 0.1) is 6.61 Å². The molecule has 3 aromatic rings. The van der Waals surface area contributed by atoms with Crippen LogP contribution in [0.1, 0.15) is 52.0 Å². The lowest BCUT2D eigenvalue weighted by Crippen LogP contribution is -2.30. The number of aromatic nitrogens is 2. The summed E-state index contributed by atoms with van der Waals surface area (Å²) < 4.78 is 16.4. The maximum atomic E-state index is 12.3. The van der Waals surface area contributed by atoms with Gasteiger partial charge in [0.15, 0.2) is 17.7 Å². The highest BCUT2D eigenvalue weighted by Crippen LogP contribution is 2.26. The fourth-order valence-electron chi connectivity index (χ4n) is 3.90. The van der Waals surface area contributed by atoms with Crippen molar-refractivity contribution in [2.45, 2.75) is 64.8 Å². The molecule has 178 valence electrons. The minimum Gasteiger partial charge on any atom is -0.425 e. The van der Waals surface area contributed by atoms with E-state index in [1.165, 1.54) is 31.2 Å². The predicted molar refractivity (Wildman–Crippen MR) is 131 cm³/mol. The van der Waals surface area contributed by atoms with Crippen molar-refractivity contribution in [2.75, 3.05) is 6.61 Å². The monoisotopic (exact) mass is 460 g/mol. The number of carbonyl (C=O) groups is 1. The molecule has 0 bridgehead atoms. The second-order valence-corrected chi connectivity index (χ2v) is 9.07. The quantitative estimate of drug-likeness (QED) is 0.222. The van der Waals surface area contributed by atoms with Gasteiger partial charge in [0.1, 0.15) is 5.75 Å². The van der Waals surface area contributed by atoms with Gasteiger partial charge in [-0.1, -0.05) is 62.6 Å². The zero-order chi connectivity index (χ0) is 24.0. The molecule has 1 aliphatic heterocycles. The largest absolute Gasteiger partial charge is 0.425 e. The number of rotatable bonds is 9. The van der Waals surface area contributed by atoms with E-state index in [-0.39, 0.29) is 6.61 Å². The molecule has 1 fully saturated rings. The summed E-state index contributed by atoms with van der Waals surface area (Å²) in [5, 5.41) is 0. The molecule has 2 heterocycles. The SMILES string of the molecule is CCCCCCc1ccc(-c2ncc(-c3ccc(OC(=O)C4COC(C)(C)O4)cc3)cn2)cc1. The Bertz CT molecular complexity index is 1080. The zero-order valence-electron chi connectivity index (χ0n) is 20.1. The topological polar surface area (TPSA) is 70.5 Å². The highest BCUT2D eigenvalue weighted by atomic mass is 16.8. The lowest BCUT2D eigenvalue weighted by Gasteiger charge is -2.16. The molecule has 6 heteroatoms. The predicted octanol–water partition coefficient (Wildman–Crippen LogP) is 5.99. The molecule has 1 aliphatic rings. The normalized spacial score (nSPS) is 17.0. The van der Waals surface area contributed by atoms with Gasteiger partial charge in [-0.05, 0) is 49.9 Å². The van der Waals surface area contributed by atoms with E-state index < -0.39 is 17.9 Å². The van der Waals surface area contributed by atoms with Gasteiger partial charge in [0.2, 0.25) is 0 Å². The number of ether oxygens (including phenoxy) is 3. The first kappa shape index (κ1) is 24.0. The highest BCUT2D eigenvalue weighted by Gasteiger charge is 2.38. The molecule has 6 nitrogen and oxygen atoms in total. The van der Waals surface area contributed by atoms with Crippen LogP contribution in [0.5, 0.6) is 5.75 Å². The lowest BCUT2D eigenvalue weighted by molar-refractivity contribution is -0.162. The van der Waals surface area contributed by atoms with Gasteiger partial charge in [0, 0.05) is 23.5 Å². The maximum Gasteiger partial charge on any atom is 0.343 e. The van der Waals surface area contributed by atoms with E-state index in [9.17, 15) is 4.79 Å². The second kappa shape index (κ2) is 10.9. The van der Waals surface area contributed by atoms with Crippen LogP contribution in [-0.4, -0.2) is 34.4 Å². The summed E-state index contributed by atoms with van der Waals surface area (Å²) in [6.45, 7) is 5.96. The molecule has 1 aromatic heterocycles. The lowest BCUT2D eigenvalue weighted by atomic mass is 10.0. The van der Waals surface area contributed by atoms with Gasteiger partial charge in [-0.25, -0.2) is 14.8 Å². The van der Waals surface area contributed by atoms with E-state index in [0.29, 0.717) is 11.6 Å². The molecule has 34 heavy (non-hydrogen) atoms. The van der Waals surface area contributed by atoms with Crippen molar-refractivity contribution in [3.05, 3.63) is 66.5 Å². The molecule has 0 spiro atoms. The number of benzene rings is 2. The van der Waals surface area contributed by atoms with Gasteiger partial charge >= 0.3 is 5.97 Å². The van der Waals surface area contributed by atoms with E-state index in [4.69, 9.17) is 14.2 Å². The van der Waals surface area contributed by atoms with Crippen LogP contribution in [0.25, 0.3) is 22.5 Å². The third-order valence-electron chi connectivity index (χ3n) is 5.86. The highest BCUT2D eigenvalue weighted by molar-refractivity contribution is 5.78. The van der Waals surface area contributed by atoms with Gasteiger partial charge in [-0.3, -0.25) is 0 Å². The Morgan fingerprint density at radius 1 is 0.941 bits per heavy atom. The summed E-state index contributed by atoms with van der Waals surface area (Å²) in [7, 11) is 0. The fraction of sp³-hybridized carbons (Fsp3) is 0.393. The number of hydrogen-bond donors (Lipinski definition) is 0. The Hall–Kier alpha value is -3.09. The Morgan fingerprint density at radius 2 is 1.62 bits per heavy atom. The molecule has 4 rings (SSSR count). The van der Waals surface area contributed by atoms with Crippen molar-refractivity contribution in [2.24, 2.45) is 0 Å². The molecule has 0 amide bonds. The van der Waals surface area contributed by atoms with E-state index in [1.54, 1.807) is 26.0 Å². The Morgan fingerprint density at radius 3 is 2.24 bits per heavy atom. The second-order valence-electron chi connectivity index (χ2n) is 9.07. The van der Waals surface area contributed by atoms with E-state index in [1.807, 2.05) is 24.5 Å². The van der Waals surface area contributed by atoms with Crippen LogP contribution in [0.3, 0.4) is 0 Å². The van der Waals surface area contributed by atoms with Crippen molar-refractivity contribution in [1.29, 1.82) is 0 Å². The summed E-state index contributed by atoms with van der Waals surface area (Å²) in [5.41, 5.74) is 4.19. The number of unbranched alkanes of at least 4 members (excludes halogenated alkanes) is 3. The van der Waals surface area contributed by atoms with Crippen molar-refractivity contribution >= 4 is 5.97 Å². The summed E-state index contributed by atoms with van der Waals surface area (Å²) in [4.78, 5) is 21.4. The van der Waals surface area contributed by atoms with E-state index >= 15 is 0 Å². The Kier molecular flexibility index (Phi) is 7.70. The van der Waals surface area contributed by atoms with Crippen LogP contribution in [0, 0.1) is 0 Å². The number of hydrogen-bond acceptors (Lipinski definition) is 6. The van der Waals surface area contributed by atoms with Crippen molar-refractivity contribution in [3.63, 3.8) is 0 Å². The standard InChI is InChI=1S/C28H32N2O4/c1-4-5-6-7-8-20-9-11-22(12-10-20)26-29-17-23(18-30-26)21-13-15-24(16-14-21)33-27(31)25-19-32-28(2,3)34-25/h9-18,25H,4-8,19H2,1-3H3. The van der Waals surface area contributed by atoms with E-state index in [2.05, 4.69) is 41.2 Å². The van der Waals surface area contributed by atoms with Crippen molar-refractivity contribution in [3.8, 4) is 28.3 Å². The number of carbonyl (C=O) groups excluding carboxylic acids is 1. The minimum absolute atomic E-state index is 0.190. The molecule has 0 radical (unpaired) electrons. The summed E-state index contributed by atoms with van der Waals surface area (Å²) in [6, 6.07) is 15.8. The number of nitrogens with zero attached hydrogens (tertiary/aromatic N) is 2. The van der Waals surface area contributed by atoms with Gasteiger partial charge in [-0.15, -0.1) is 0 Å². The summed E-state index contributed by atoms with van der Waals surface area (Å²) >= 11 is 0.